The Morgan fingerprint density at radius 2 is 1.79 bits per heavy atom. The molecular weight excluding hydrogens is 391 g/mol. The van der Waals surface area contributed by atoms with Crippen LogP contribution in [-0.4, -0.2) is 24.3 Å². The molecule has 0 saturated heterocycles. The van der Waals surface area contributed by atoms with Gasteiger partial charge in [-0.15, -0.1) is 22.6 Å². The van der Waals surface area contributed by atoms with Crippen LogP contribution in [0.4, 0.5) is 13.2 Å². The smallest absolute Gasteiger partial charge is 0.340 e. The molecule has 3 aromatic heterocycles. The van der Waals surface area contributed by atoms with Crippen LogP contribution in [-0.2, 0) is 12.7 Å². The van der Waals surface area contributed by atoms with E-state index in [1.807, 2.05) is 29.0 Å². The lowest BCUT2D eigenvalue weighted by molar-refractivity contribution is -0.137. The molecule has 5 rings (SSSR count). The summed E-state index contributed by atoms with van der Waals surface area (Å²) in [5.74, 6) is 0.949. The summed E-state index contributed by atoms with van der Waals surface area (Å²) in [6, 6.07) is 11.1. The number of alkyl halides is 3. The summed E-state index contributed by atoms with van der Waals surface area (Å²) in [6.45, 7) is 0.450. The molecule has 0 bridgehead atoms. The highest BCUT2D eigenvalue weighted by molar-refractivity contribution is 5.85. The molecule has 4 aromatic rings. The molecule has 1 aliphatic rings. The largest absolute Gasteiger partial charge is 0.416 e. The first-order valence-electron chi connectivity index (χ1n) is 8.24. The number of benzene rings is 1. The molecular formula is C19H13ClF3N5. The molecule has 0 spiro atoms. The van der Waals surface area contributed by atoms with Crippen molar-refractivity contribution in [2.24, 2.45) is 0 Å². The number of aromatic nitrogens is 5. The Balaban J connectivity index is 0.00000192. The first-order chi connectivity index (χ1) is 13.0. The molecule has 1 aromatic carbocycles. The minimum absolute atomic E-state index is 0. The van der Waals surface area contributed by atoms with E-state index in [0.717, 1.165) is 23.4 Å². The molecule has 0 unspecified atom stereocenters. The number of rotatable bonds is 1. The Labute approximate surface area is 163 Å². The van der Waals surface area contributed by atoms with Gasteiger partial charge < -0.3 is 4.57 Å². The zero-order valence-electron chi connectivity index (χ0n) is 14.3. The third-order valence-electron chi connectivity index (χ3n) is 4.64. The van der Waals surface area contributed by atoms with Crippen molar-refractivity contribution in [3.63, 3.8) is 0 Å². The van der Waals surface area contributed by atoms with Gasteiger partial charge in [0, 0.05) is 30.7 Å². The molecule has 1 aliphatic heterocycles. The van der Waals surface area contributed by atoms with E-state index in [0.29, 0.717) is 29.4 Å². The minimum Gasteiger partial charge on any atom is -0.340 e. The van der Waals surface area contributed by atoms with Gasteiger partial charge in [-0.1, -0.05) is 6.07 Å². The lowest BCUT2D eigenvalue weighted by Gasteiger charge is -2.15. The van der Waals surface area contributed by atoms with Gasteiger partial charge in [0.05, 0.1) is 16.9 Å². The highest BCUT2D eigenvalue weighted by Crippen LogP contribution is 2.37. The van der Waals surface area contributed by atoms with Crippen molar-refractivity contribution in [2.75, 3.05) is 0 Å². The molecule has 28 heavy (non-hydrogen) atoms. The fraction of sp³-hybridized carbons (Fsp3) is 0.105. The van der Waals surface area contributed by atoms with Crippen LogP contribution in [0.3, 0.4) is 0 Å². The molecule has 0 saturated carbocycles. The Morgan fingerprint density at radius 1 is 0.964 bits per heavy atom. The average molecular weight is 404 g/mol. The molecule has 9 heteroatoms. The van der Waals surface area contributed by atoms with Crippen molar-refractivity contribution in [2.45, 2.75) is 12.7 Å². The lowest BCUT2D eigenvalue weighted by Crippen LogP contribution is -2.09. The second-order valence-electron chi connectivity index (χ2n) is 6.29. The number of pyridine rings is 1. The second kappa shape index (κ2) is 6.49. The zero-order chi connectivity index (χ0) is 18.6. The molecule has 0 fully saturated rings. The molecule has 0 radical (unpaired) electrons. The molecule has 4 heterocycles. The minimum atomic E-state index is -4.43. The van der Waals surface area contributed by atoms with Gasteiger partial charge in [-0.25, -0.2) is 0 Å². The summed E-state index contributed by atoms with van der Waals surface area (Å²) in [5, 5.41) is 8.54. The number of halogens is 4. The van der Waals surface area contributed by atoms with Gasteiger partial charge in [0.15, 0.2) is 11.6 Å². The van der Waals surface area contributed by atoms with Gasteiger partial charge >= 0.3 is 6.18 Å². The van der Waals surface area contributed by atoms with Crippen molar-refractivity contribution in [3.8, 4) is 28.6 Å². The second-order valence-corrected chi connectivity index (χ2v) is 6.29. The summed E-state index contributed by atoms with van der Waals surface area (Å²) in [4.78, 5) is 4.09. The van der Waals surface area contributed by atoms with E-state index < -0.39 is 11.7 Å². The quantitative estimate of drug-likeness (QED) is 0.411. The summed E-state index contributed by atoms with van der Waals surface area (Å²) >= 11 is 0. The lowest BCUT2D eigenvalue weighted by atomic mass is 10.1. The summed E-state index contributed by atoms with van der Waals surface area (Å²) < 4.78 is 43.6. The van der Waals surface area contributed by atoms with Crippen LogP contribution in [0.5, 0.6) is 0 Å². The van der Waals surface area contributed by atoms with Crippen LogP contribution in [0.25, 0.3) is 28.6 Å². The van der Waals surface area contributed by atoms with Gasteiger partial charge in [-0.05, 0) is 42.0 Å². The van der Waals surface area contributed by atoms with Crippen molar-refractivity contribution < 1.29 is 13.2 Å². The van der Waals surface area contributed by atoms with E-state index in [2.05, 4.69) is 15.2 Å². The van der Waals surface area contributed by atoms with Crippen LogP contribution in [0, 0.1) is 0 Å². The van der Waals surface area contributed by atoms with Crippen LogP contribution >= 0.6 is 12.4 Å². The highest BCUT2D eigenvalue weighted by atomic mass is 35.5. The van der Waals surface area contributed by atoms with Crippen LogP contribution in [0.1, 0.15) is 11.1 Å². The third kappa shape index (κ3) is 2.77. The van der Waals surface area contributed by atoms with Gasteiger partial charge in [-0.3, -0.25) is 9.55 Å². The fourth-order valence-electron chi connectivity index (χ4n) is 3.38. The Bertz CT molecular complexity index is 1150. The first-order valence-corrected chi connectivity index (χ1v) is 8.24. The standard InChI is InChI=1S/C19H12F3N5.ClH/c20-19(21,22)14-6-5-13-11-26-8-2-4-15(26)18-25-24-17(27(18)16(13)9-14)12-3-1-7-23-10-12;/h1-10H,11H2;1H. The van der Waals surface area contributed by atoms with E-state index in [-0.39, 0.29) is 12.4 Å². The van der Waals surface area contributed by atoms with Crippen LogP contribution in [0.2, 0.25) is 0 Å². The van der Waals surface area contributed by atoms with Gasteiger partial charge in [0.25, 0.3) is 0 Å². The topological polar surface area (TPSA) is 48.5 Å². The highest BCUT2D eigenvalue weighted by Gasteiger charge is 2.33. The van der Waals surface area contributed by atoms with Crippen LogP contribution in [0.15, 0.2) is 61.1 Å². The number of hydrogen-bond acceptors (Lipinski definition) is 3. The maximum Gasteiger partial charge on any atom is 0.416 e. The third-order valence-corrected chi connectivity index (χ3v) is 4.64. The SMILES string of the molecule is Cl.FC(F)(F)c1ccc2c(c1)-n1c(-c3cccnc3)nnc1-c1cccn1C2. The van der Waals surface area contributed by atoms with Gasteiger partial charge in [-0.2, -0.15) is 13.2 Å². The Morgan fingerprint density at radius 3 is 2.54 bits per heavy atom. The Hall–Kier alpha value is -3.13. The maximum atomic E-state index is 13.3. The van der Waals surface area contributed by atoms with Crippen molar-refractivity contribution in [3.05, 3.63) is 72.2 Å². The fourth-order valence-corrected chi connectivity index (χ4v) is 3.38. The van der Waals surface area contributed by atoms with E-state index >= 15 is 0 Å². The van der Waals surface area contributed by atoms with E-state index in [1.165, 1.54) is 6.07 Å². The number of hydrogen-bond donors (Lipinski definition) is 0. The van der Waals surface area contributed by atoms with E-state index in [9.17, 15) is 13.2 Å². The number of fused-ring (bicyclic) bond motifs is 5. The predicted molar refractivity (Wildman–Crippen MR) is 99.4 cm³/mol. The van der Waals surface area contributed by atoms with Gasteiger partial charge in [0.2, 0.25) is 0 Å². The average Bonchev–Trinajstić information content (AvgIpc) is 3.26. The molecule has 142 valence electrons. The first kappa shape index (κ1) is 18.2. The van der Waals surface area contributed by atoms with Crippen molar-refractivity contribution in [1.82, 2.24) is 24.3 Å². The van der Waals surface area contributed by atoms with E-state index in [4.69, 9.17) is 0 Å². The molecule has 5 nitrogen and oxygen atoms in total. The van der Waals surface area contributed by atoms with Crippen LogP contribution < -0.4 is 0 Å². The normalized spacial score (nSPS) is 12.4. The number of nitrogens with zero attached hydrogens (tertiary/aromatic N) is 5. The maximum absolute atomic E-state index is 13.3. The monoisotopic (exact) mass is 403 g/mol. The summed E-state index contributed by atoms with van der Waals surface area (Å²) in [5.41, 5.74) is 1.95. The Kier molecular flexibility index (Phi) is 4.23. The molecule has 0 amide bonds. The van der Waals surface area contributed by atoms with Gasteiger partial charge in [0.1, 0.15) is 0 Å². The molecule has 0 N–H and O–H groups in total. The van der Waals surface area contributed by atoms with Crippen molar-refractivity contribution >= 4 is 12.4 Å². The molecule has 0 aliphatic carbocycles. The van der Waals surface area contributed by atoms with E-state index in [1.54, 1.807) is 23.0 Å². The predicted octanol–water partition coefficient (Wildman–Crippen LogP) is 4.60. The zero-order valence-corrected chi connectivity index (χ0v) is 15.1. The summed E-state index contributed by atoms with van der Waals surface area (Å²) in [6.07, 6.45) is 0.697. The molecule has 0 atom stereocenters. The summed E-state index contributed by atoms with van der Waals surface area (Å²) in [7, 11) is 0. The van der Waals surface area contributed by atoms with Crippen molar-refractivity contribution in [1.29, 1.82) is 0 Å².